The monoisotopic (exact) mass is 159 g/mol. The van der Waals surface area contributed by atoms with Gasteiger partial charge in [-0.05, 0) is 26.2 Å². The standard InChI is InChI=1S/C11H13N/c1-7(2)11-8-3-4-10(11)9(5-8)6-12/h3-4,8-10H,5H2,1-2H3/t8-,9?,10+/m1/s1. The number of fused-ring (bicyclic) bond motifs is 2. The highest BCUT2D eigenvalue weighted by Gasteiger charge is 2.40. The number of nitrogens with zero attached hydrogens (tertiary/aromatic N) is 1. The Hall–Kier alpha value is -1.03. The zero-order valence-corrected chi connectivity index (χ0v) is 7.54. The average molecular weight is 159 g/mol. The minimum absolute atomic E-state index is 0.255. The molecule has 0 spiro atoms. The second-order valence-electron chi connectivity index (χ2n) is 3.94. The number of rotatable bonds is 0. The van der Waals surface area contributed by atoms with Gasteiger partial charge in [-0.2, -0.15) is 5.26 Å². The topological polar surface area (TPSA) is 23.8 Å². The zero-order valence-electron chi connectivity index (χ0n) is 7.54. The van der Waals surface area contributed by atoms with Gasteiger partial charge < -0.3 is 0 Å². The van der Waals surface area contributed by atoms with Crippen LogP contribution < -0.4 is 0 Å². The van der Waals surface area contributed by atoms with Crippen LogP contribution in [0, 0.1) is 29.1 Å². The maximum atomic E-state index is 8.88. The van der Waals surface area contributed by atoms with Crippen molar-refractivity contribution < 1.29 is 0 Å². The Balaban J connectivity index is 2.39. The summed E-state index contributed by atoms with van der Waals surface area (Å²) in [6, 6.07) is 2.39. The summed E-state index contributed by atoms with van der Waals surface area (Å²) in [4.78, 5) is 0. The van der Waals surface area contributed by atoms with E-state index in [0.29, 0.717) is 11.8 Å². The van der Waals surface area contributed by atoms with Crippen molar-refractivity contribution in [1.29, 1.82) is 5.26 Å². The van der Waals surface area contributed by atoms with Gasteiger partial charge in [0.1, 0.15) is 0 Å². The molecule has 0 radical (unpaired) electrons. The van der Waals surface area contributed by atoms with Crippen molar-refractivity contribution in [2.75, 3.05) is 0 Å². The summed E-state index contributed by atoms with van der Waals surface area (Å²) in [7, 11) is 0. The largest absolute Gasteiger partial charge is 0.198 e. The quantitative estimate of drug-likeness (QED) is 0.498. The zero-order chi connectivity index (χ0) is 8.72. The third kappa shape index (κ3) is 0.845. The molecule has 1 unspecified atom stereocenters. The second-order valence-corrected chi connectivity index (χ2v) is 3.94. The van der Waals surface area contributed by atoms with Gasteiger partial charge >= 0.3 is 0 Å². The molecule has 0 aromatic carbocycles. The van der Waals surface area contributed by atoms with Crippen molar-refractivity contribution in [2.45, 2.75) is 20.3 Å². The molecule has 0 amide bonds. The molecule has 3 atom stereocenters. The molecular weight excluding hydrogens is 146 g/mol. The molecule has 2 aliphatic rings. The number of allylic oxidation sites excluding steroid dienone is 4. The molecule has 0 aromatic rings. The fourth-order valence-corrected chi connectivity index (χ4v) is 2.52. The average Bonchev–Trinajstić information content (AvgIpc) is 2.59. The van der Waals surface area contributed by atoms with Crippen molar-refractivity contribution in [3.8, 4) is 6.07 Å². The van der Waals surface area contributed by atoms with Gasteiger partial charge in [0.05, 0.1) is 12.0 Å². The summed E-state index contributed by atoms with van der Waals surface area (Å²) in [5, 5.41) is 8.88. The Morgan fingerprint density at radius 2 is 2.25 bits per heavy atom. The highest BCUT2D eigenvalue weighted by molar-refractivity contribution is 5.38. The van der Waals surface area contributed by atoms with Crippen LogP contribution in [-0.2, 0) is 0 Å². The van der Waals surface area contributed by atoms with Gasteiger partial charge in [0.25, 0.3) is 0 Å². The minimum Gasteiger partial charge on any atom is -0.198 e. The van der Waals surface area contributed by atoms with E-state index in [9.17, 15) is 0 Å². The third-order valence-corrected chi connectivity index (χ3v) is 2.99. The molecule has 2 bridgehead atoms. The summed E-state index contributed by atoms with van der Waals surface area (Å²) >= 11 is 0. The third-order valence-electron chi connectivity index (χ3n) is 2.99. The van der Waals surface area contributed by atoms with Gasteiger partial charge in [-0.3, -0.25) is 0 Å². The first-order valence-electron chi connectivity index (χ1n) is 4.49. The summed E-state index contributed by atoms with van der Waals surface area (Å²) in [6.45, 7) is 4.31. The van der Waals surface area contributed by atoms with E-state index in [2.05, 4.69) is 32.1 Å². The molecule has 0 saturated heterocycles. The highest BCUT2D eigenvalue weighted by Crippen LogP contribution is 2.48. The molecule has 0 aliphatic heterocycles. The molecule has 0 aromatic heterocycles. The molecule has 0 heterocycles. The second kappa shape index (κ2) is 2.48. The molecule has 1 saturated carbocycles. The van der Waals surface area contributed by atoms with Crippen molar-refractivity contribution >= 4 is 0 Å². The molecule has 0 N–H and O–H groups in total. The highest BCUT2D eigenvalue weighted by atomic mass is 14.5. The van der Waals surface area contributed by atoms with Crippen molar-refractivity contribution in [3.63, 3.8) is 0 Å². The van der Waals surface area contributed by atoms with E-state index in [-0.39, 0.29) is 5.92 Å². The van der Waals surface area contributed by atoms with Crippen LogP contribution in [0.1, 0.15) is 20.3 Å². The molecule has 2 rings (SSSR count). The summed E-state index contributed by atoms with van der Waals surface area (Å²) in [6.07, 6.45) is 5.53. The van der Waals surface area contributed by atoms with Crippen molar-refractivity contribution in [2.24, 2.45) is 17.8 Å². The number of hydrogen-bond acceptors (Lipinski definition) is 1. The van der Waals surface area contributed by atoms with E-state index in [4.69, 9.17) is 5.26 Å². The van der Waals surface area contributed by atoms with E-state index in [0.717, 1.165) is 6.42 Å². The molecule has 1 nitrogen and oxygen atoms in total. The van der Waals surface area contributed by atoms with E-state index < -0.39 is 0 Å². The first kappa shape index (κ1) is 7.61. The molecule has 1 heteroatoms. The van der Waals surface area contributed by atoms with Gasteiger partial charge in [-0.1, -0.05) is 23.3 Å². The van der Waals surface area contributed by atoms with Crippen LogP contribution in [0.4, 0.5) is 0 Å². The molecular formula is C11H13N. The van der Waals surface area contributed by atoms with Gasteiger partial charge in [-0.25, -0.2) is 0 Å². The first-order valence-corrected chi connectivity index (χ1v) is 4.49. The lowest BCUT2D eigenvalue weighted by Crippen LogP contribution is -2.03. The lowest BCUT2D eigenvalue weighted by Gasteiger charge is -2.08. The van der Waals surface area contributed by atoms with Gasteiger partial charge in [0.2, 0.25) is 0 Å². The maximum absolute atomic E-state index is 8.88. The van der Waals surface area contributed by atoms with Crippen LogP contribution in [0.25, 0.3) is 0 Å². The Labute approximate surface area is 73.4 Å². The van der Waals surface area contributed by atoms with E-state index in [1.165, 1.54) is 11.1 Å². The predicted octanol–water partition coefficient (Wildman–Crippen LogP) is 2.67. The van der Waals surface area contributed by atoms with E-state index >= 15 is 0 Å². The fraction of sp³-hybridized carbons (Fsp3) is 0.545. The Morgan fingerprint density at radius 3 is 2.67 bits per heavy atom. The van der Waals surface area contributed by atoms with E-state index in [1.807, 2.05) is 0 Å². The fourth-order valence-electron chi connectivity index (χ4n) is 2.52. The van der Waals surface area contributed by atoms with E-state index in [1.54, 1.807) is 0 Å². The molecule has 1 fully saturated rings. The summed E-state index contributed by atoms with van der Waals surface area (Å²) in [5.41, 5.74) is 2.93. The molecule has 62 valence electrons. The number of hydrogen-bond donors (Lipinski definition) is 0. The lowest BCUT2D eigenvalue weighted by atomic mass is 9.94. The molecule has 2 aliphatic carbocycles. The SMILES string of the molecule is CC(C)=C1[C@@H]2C=C[C@H]1C(C#N)C2. The van der Waals surface area contributed by atoms with Gasteiger partial charge in [0, 0.05) is 5.92 Å². The predicted molar refractivity (Wildman–Crippen MR) is 48.2 cm³/mol. The Bertz CT molecular complexity index is 299. The number of nitriles is 1. The Kier molecular flexibility index (Phi) is 1.58. The van der Waals surface area contributed by atoms with Crippen LogP contribution in [0.2, 0.25) is 0 Å². The molecule has 12 heavy (non-hydrogen) atoms. The lowest BCUT2D eigenvalue weighted by molar-refractivity contribution is 0.571. The smallest absolute Gasteiger partial charge is 0.0665 e. The first-order chi connectivity index (χ1) is 5.74. The summed E-state index contributed by atoms with van der Waals surface area (Å²) < 4.78 is 0. The van der Waals surface area contributed by atoms with Gasteiger partial charge in [0.15, 0.2) is 0 Å². The normalized spacial score (nSPS) is 37.1. The van der Waals surface area contributed by atoms with Crippen LogP contribution in [0.5, 0.6) is 0 Å². The van der Waals surface area contributed by atoms with Crippen LogP contribution in [-0.4, -0.2) is 0 Å². The van der Waals surface area contributed by atoms with Crippen LogP contribution in [0.15, 0.2) is 23.3 Å². The van der Waals surface area contributed by atoms with Crippen molar-refractivity contribution in [3.05, 3.63) is 23.3 Å². The summed E-state index contributed by atoms with van der Waals surface area (Å²) in [5.74, 6) is 1.29. The maximum Gasteiger partial charge on any atom is 0.0665 e. The minimum atomic E-state index is 0.255. The van der Waals surface area contributed by atoms with Gasteiger partial charge in [-0.15, -0.1) is 0 Å². The van der Waals surface area contributed by atoms with Crippen LogP contribution >= 0.6 is 0 Å². The van der Waals surface area contributed by atoms with Crippen LogP contribution in [0.3, 0.4) is 0 Å². The van der Waals surface area contributed by atoms with Crippen molar-refractivity contribution in [1.82, 2.24) is 0 Å². The Morgan fingerprint density at radius 1 is 1.50 bits per heavy atom.